The van der Waals surface area contributed by atoms with Crippen molar-refractivity contribution in [1.82, 2.24) is 14.5 Å². The van der Waals surface area contributed by atoms with E-state index in [0.29, 0.717) is 22.6 Å². The fourth-order valence-corrected chi connectivity index (χ4v) is 3.82. The molecule has 0 spiro atoms. The van der Waals surface area contributed by atoms with Crippen LogP contribution in [0.25, 0.3) is 11.0 Å². The summed E-state index contributed by atoms with van der Waals surface area (Å²) in [6, 6.07) is 2.62. The van der Waals surface area contributed by atoms with Crippen molar-refractivity contribution in [3.8, 4) is 0 Å². The number of hydrogen-bond donors (Lipinski definition) is 2. The minimum absolute atomic E-state index is 0.257. The summed E-state index contributed by atoms with van der Waals surface area (Å²) in [4.78, 5) is 13.6. The van der Waals surface area contributed by atoms with Crippen LogP contribution in [0.1, 0.15) is 57.1 Å². The van der Waals surface area contributed by atoms with E-state index in [1.54, 1.807) is 6.20 Å². The molecule has 0 saturated heterocycles. The van der Waals surface area contributed by atoms with Gasteiger partial charge in [0.15, 0.2) is 4.99 Å². The fraction of sp³-hybridized carbons (Fsp3) is 0.556. The first-order chi connectivity index (χ1) is 12.0. The van der Waals surface area contributed by atoms with Gasteiger partial charge < -0.3 is 16.0 Å². The van der Waals surface area contributed by atoms with Crippen molar-refractivity contribution in [3.05, 3.63) is 23.8 Å². The second kappa shape index (κ2) is 7.58. The van der Waals surface area contributed by atoms with E-state index in [1.807, 2.05) is 6.07 Å². The van der Waals surface area contributed by atoms with Gasteiger partial charge in [-0.25, -0.2) is 9.98 Å². The summed E-state index contributed by atoms with van der Waals surface area (Å²) in [6.07, 6.45) is 8.29. The Balaban J connectivity index is 2.11. The highest BCUT2D eigenvalue weighted by Crippen LogP contribution is 2.33. The molecule has 6 nitrogen and oxygen atoms in total. The van der Waals surface area contributed by atoms with Crippen LogP contribution in [0.4, 0.5) is 0 Å². The zero-order valence-electron chi connectivity index (χ0n) is 14.9. The molecule has 1 fully saturated rings. The topological polar surface area (TPSA) is 95.1 Å². The standard InChI is InChI=1S/C18H26N6S/c1-11(2)6-17-23-15-9-21-14(18(25)22-10-19)8-16(15)24(17)13-5-3-4-12(20)7-13/h8-13H,3-7,20H2,1-2H3,(H2,19,22,25). The molecule has 25 heavy (non-hydrogen) atoms. The third kappa shape index (κ3) is 3.88. The maximum absolute atomic E-state index is 6.24. The SMILES string of the molecule is CC(C)Cc1nc2cnc(C(=S)N=CN)cc2n1C1CCCC(N)C1. The first-order valence-corrected chi connectivity index (χ1v) is 9.31. The van der Waals surface area contributed by atoms with Gasteiger partial charge in [-0.05, 0) is 37.7 Å². The van der Waals surface area contributed by atoms with E-state index in [9.17, 15) is 0 Å². The average Bonchev–Trinajstić information content (AvgIpc) is 2.91. The highest BCUT2D eigenvalue weighted by molar-refractivity contribution is 7.80. The molecule has 4 N–H and O–H groups in total. The lowest BCUT2D eigenvalue weighted by Gasteiger charge is -2.29. The molecule has 2 aromatic heterocycles. The summed E-state index contributed by atoms with van der Waals surface area (Å²) in [6.45, 7) is 4.43. The number of aliphatic imine (C=N–C) groups is 1. The Labute approximate surface area is 153 Å². The minimum Gasteiger partial charge on any atom is -0.390 e. The zero-order chi connectivity index (χ0) is 18.0. The molecule has 2 atom stereocenters. The Morgan fingerprint density at radius 3 is 2.96 bits per heavy atom. The molecule has 2 heterocycles. The van der Waals surface area contributed by atoms with Crippen molar-refractivity contribution in [2.75, 3.05) is 0 Å². The molecule has 1 saturated carbocycles. The molecule has 1 aliphatic rings. The van der Waals surface area contributed by atoms with Gasteiger partial charge in [-0.2, -0.15) is 0 Å². The van der Waals surface area contributed by atoms with Gasteiger partial charge >= 0.3 is 0 Å². The van der Waals surface area contributed by atoms with Gasteiger partial charge in [0.2, 0.25) is 0 Å². The van der Waals surface area contributed by atoms with Crippen LogP contribution >= 0.6 is 12.2 Å². The number of fused-ring (bicyclic) bond motifs is 1. The summed E-state index contributed by atoms with van der Waals surface area (Å²) in [7, 11) is 0. The lowest BCUT2D eigenvalue weighted by atomic mass is 9.91. The van der Waals surface area contributed by atoms with Gasteiger partial charge in [0, 0.05) is 18.5 Å². The Morgan fingerprint density at radius 1 is 1.48 bits per heavy atom. The Morgan fingerprint density at radius 2 is 2.28 bits per heavy atom. The second-order valence-corrected chi connectivity index (χ2v) is 7.60. The fourth-order valence-electron chi connectivity index (χ4n) is 3.65. The van der Waals surface area contributed by atoms with Crippen LogP contribution in [0.2, 0.25) is 0 Å². The van der Waals surface area contributed by atoms with Crippen molar-refractivity contribution in [2.24, 2.45) is 22.4 Å². The molecule has 134 valence electrons. The van der Waals surface area contributed by atoms with E-state index >= 15 is 0 Å². The zero-order valence-corrected chi connectivity index (χ0v) is 15.7. The normalized spacial score (nSPS) is 21.4. The largest absolute Gasteiger partial charge is 0.390 e. The first kappa shape index (κ1) is 17.9. The number of aromatic nitrogens is 3. The quantitative estimate of drug-likeness (QED) is 0.498. The third-order valence-corrected chi connectivity index (χ3v) is 5.02. The Hall–Kier alpha value is -1.86. The number of pyridine rings is 1. The smallest absolute Gasteiger partial charge is 0.153 e. The molecule has 0 bridgehead atoms. The maximum Gasteiger partial charge on any atom is 0.153 e. The first-order valence-electron chi connectivity index (χ1n) is 8.90. The summed E-state index contributed by atoms with van der Waals surface area (Å²) < 4.78 is 2.37. The van der Waals surface area contributed by atoms with Gasteiger partial charge in [0.1, 0.15) is 17.0 Å². The van der Waals surface area contributed by atoms with Crippen LogP contribution in [0.3, 0.4) is 0 Å². The van der Waals surface area contributed by atoms with Gasteiger partial charge in [-0.15, -0.1) is 0 Å². The predicted molar refractivity (Wildman–Crippen MR) is 106 cm³/mol. The molecule has 7 heteroatoms. The van der Waals surface area contributed by atoms with Crippen LogP contribution in [0, 0.1) is 5.92 Å². The Kier molecular flexibility index (Phi) is 5.44. The number of thiocarbonyl (C=S) groups is 1. The van der Waals surface area contributed by atoms with Crippen LogP contribution < -0.4 is 11.5 Å². The van der Waals surface area contributed by atoms with E-state index in [2.05, 4.69) is 28.4 Å². The molecular weight excluding hydrogens is 332 g/mol. The predicted octanol–water partition coefficient (Wildman–Crippen LogP) is 2.73. The van der Waals surface area contributed by atoms with Crippen LogP contribution in [0.5, 0.6) is 0 Å². The maximum atomic E-state index is 6.24. The van der Waals surface area contributed by atoms with Crippen molar-refractivity contribution in [3.63, 3.8) is 0 Å². The summed E-state index contributed by atoms with van der Waals surface area (Å²) in [5.74, 6) is 1.64. The summed E-state index contributed by atoms with van der Waals surface area (Å²) >= 11 is 5.29. The van der Waals surface area contributed by atoms with Crippen molar-refractivity contribution in [2.45, 2.75) is 58.0 Å². The number of nitrogens with zero attached hydrogens (tertiary/aromatic N) is 4. The van der Waals surface area contributed by atoms with E-state index in [1.165, 1.54) is 6.34 Å². The molecule has 2 unspecified atom stereocenters. The van der Waals surface area contributed by atoms with E-state index in [-0.39, 0.29) is 6.04 Å². The lowest BCUT2D eigenvalue weighted by molar-refractivity contribution is 0.317. The average molecular weight is 359 g/mol. The highest BCUT2D eigenvalue weighted by atomic mass is 32.1. The molecule has 0 radical (unpaired) electrons. The molecule has 3 rings (SSSR count). The van der Waals surface area contributed by atoms with Crippen molar-refractivity contribution >= 4 is 34.6 Å². The summed E-state index contributed by atoms with van der Waals surface area (Å²) in [5, 5.41) is 0. The number of hydrogen-bond acceptors (Lipinski definition) is 4. The van der Waals surface area contributed by atoms with E-state index < -0.39 is 0 Å². The second-order valence-electron chi connectivity index (χ2n) is 7.22. The number of rotatable bonds is 4. The minimum atomic E-state index is 0.257. The molecular formula is C18H26N6S. The molecule has 0 amide bonds. The lowest BCUT2D eigenvalue weighted by Crippen LogP contribution is -2.30. The van der Waals surface area contributed by atoms with Crippen molar-refractivity contribution in [1.29, 1.82) is 0 Å². The number of imidazole rings is 1. The van der Waals surface area contributed by atoms with Gasteiger partial charge in [0.05, 0.1) is 18.1 Å². The molecule has 1 aliphatic carbocycles. The number of nitrogens with two attached hydrogens (primary N) is 2. The monoisotopic (exact) mass is 358 g/mol. The van der Waals surface area contributed by atoms with Gasteiger partial charge in [0.25, 0.3) is 0 Å². The van der Waals surface area contributed by atoms with E-state index in [0.717, 1.165) is 49.0 Å². The van der Waals surface area contributed by atoms with Gasteiger partial charge in [-0.1, -0.05) is 26.1 Å². The van der Waals surface area contributed by atoms with Crippen LogP contribution in [0.15, 0.2) is 17.3 Å². The van der Waals surface area contributed by atoms with E-state index in [4.69, 9.17) is 28.7 Å². The third-order valence-electron chi connectivity index (χ3n) is 4.70. The van der Waals surface area contributed by atoms with Crippen LogP contribution in [-0.2, 0) is 6.42 Å². The molecule has 2 aromatic rings. The highest BCUT2D eigenvalue weighted by Gasteiger charge is 2.25. The van der Waals surface area contributed by atoms with Crippen LogP contribution in [-0.4, -0.2) is 31.9 Å². The molecule has 0 aromatic carbocycles. The summed E-state index contributed by atoms with van der Waals surface area (Å²) in [5.41, 5.74) is 14.2. The van der Waals surface area contributed by atoms with Crippen molar-refractivity contribution < 1.29 is 0 Å². The molecule has 0 aliphatic heterocycles. The van der Waals surface area contributed by atoms with Gasteiger partial charge in [-0.3, -0.25) is 4.98 Å². The Bertz CT molecular complexity index is 794.